The molecule has 32 heavy (non-hydrogen) atoms. The number of thiazole rings is 1. The molecule has 1 fully saturated rings. The number of hydrogen-bond donors (Lipinski definition) is 2. The first kappa shape index (κ1) is 26.5. The number of nitrogens with zero attached hydrogens (tertiary/aromatic N) is 2. The molecule has 1 aromatic heterocycles. The Labute approximate surface area is 211 Å². The second kappa shape index (κ2) is 13.1. The summed E-state index contributed by atoms with van der Waals surface area (Å²) in [6.07, 6.45) is 2.26. The van der Waals surface area contributed by atoms with Crippen molar-refractivity contribution in [1.82, 2.24) is 15.6 Å². The number of aliphatic imine (C=N–C) groups is 1. The molecule has 7 nitrogen and oxygen atoms in total. The van der Waals surface area contributed by atoms with Gasteiger partial charge in [0.25, 0.3) is 0 Å². The molecule has 0 saturated carbocycles. The molecule has 3 rings (SSSR count). The summed E-state index contributed by atoms with van der Waals surface area (Å²) in [7, 11) is 1.76. The van der Waals surface area contributed by atoms with Gasteiger partial charge in [-0.2, -0.15) is 0 Å². The molecule has 0 radical (unpaired) electrons. The van der Waals surface area contributed by atoms with Crippen LogP contribution >= 0.6 is 35.3 Å². The number of halogens is 1. The monoisotopic (exact) mass is 572 g/mol. The minimum atomic E-state index is -0.317. The average molecular weight is 573 g/mol. The number of nitrogens with one attached hydrogen (secondary N) is 2. The third kappa shape index (κ3) is 6.89. The number of carbonyl (C=O) groups excluding carboxylic acids is 1. The van der Waals surface area contributed by atoms with E-state index in [1.54, 1.807) is 14.0 Å². The van der Waals surface area contributed by atoms with Gasteiger partial charge >= 0.3 is 5.97 Å². The number of guanidine groups is 1. The van der Waals surface area contributed by atoms with E-state index in [0.29, 0.717) is 29.1 Å². The van der Waals surface area contributed by atoms with Gasteiger partial charge in [-0.05, 0) is 39.2 Å². The number of aryl methyl sites for hydroxylation is 1. The molecule has 3 atom stereocenters. The van der Waals surface area contributed by atoms with Gasteiger partial charge in [0.1, 0.15) is 9.88 Å². The van der Waals surface area contributed by atoms with E-state index >= 15 is 0 Å². The minimum Gasteiger partial charge on any atom is -0.462 e. The van der Waals surface area contributed by atoms with Crippen LogP contribution in [0.4, 0.5) is 0 Å². The van der Waals surface area contributed by atoms with Crippen molar-refractivity contribution in [3.63, 3.8) is 0 Å². The van der Waals surface area contributed by atoms with E-state index in [1.165, 1.54) is 16.9 Å². The maximum absolute atomic E-state index is 12.1. The van der Waals surface area contributed by atoms with E-state index in [2.05, 4.69) is 44.9 Å². The molecule has 1 aromatic carbocycles. The molecule has 1 aliphatic rings. The number of hydrogen-bond acceptors (Lipinski definition) is 6. The summed E-state index contributed by atoms with van der Waals surface area (Å²) in [6.45, 7) is 7.55. The first-order valence-corrected chi connectivity index (χ1v) is 11.6. The number of aromatic nitrogens is 1. The van der Waals surface area contributed by atoms with Crippen LogP contribution in [-0.4, -0.2) is 43.7 Å². The van der Waals surface area contributed by atoms with Gasteiger partial charge in [0.2, 0.25) is 0 Å². The van der Waals surface area contributed by atoms with Gasteiger partial charge in [-0.3, -0.25) is 4.99 Å². The van der Waals surface area contributed by atoms with Gasteiger partial charge in [0.05, 0.1) is 24.4 Å². The lowest BCUT2D eigenvalue weighted by Crippen LogP contribution is -2.42. The Morgan fingerprint density at radius 3 is 2.81 bits per heavy atom. The lowest BCUT2D eigenvalue weighted by atomic mass is 9.89. The van der Waals surface area contributed by atoms with E-state index in [9.17, 15) is 4.79 Å². The van der Waals surface area contributed by atoms with Crippen LogP contribution in [0.3, 0.4) is 0 Å². The predicted octanol–water partition coefficient (Wildman–Crippen LogP) is 4.64. The van der Waals surface area contributed by atoms with E-state index in [1.807, 2.05) is 19.9 Å². The van der Waals surface area contributed by atoms with Gasteiger partial charge in [-0.15, -0.1) is 35.3 Å². The molecule has 0 amide bonds. The fraction of sp³-hybridized carbons (Fsp3) is 0.522. The highest BCUT2D eigenvalue weighted by molar-refractivity contribution is 14.0. The molecule has 2 heterocycles. The molecule has 2 aromatic rings. The zero-order valence-electron chi connectivity index (χ0n) is 19.1. The molecule has 1 aliphatic heterocycles. The van der Waals surface area contributed by atoms with Crippen LogP contribution in [0.5, 0.6) is 0 Å². The van der Waals surface area contributed by atoms with Crippen molar-refractivity contribution in [2.75, 3.05) is 26.8 Å². The van der Waals surface area contributed by atoms with Crippen molar-refractivity contribution in [2.45, 2.75) is 45.8 Å². The highest BCUT2D eigenvalue weighted by atomic mass is 127. The number of rotatable bonds is 7. The van der Waals surface area contributed by atoms with Crippen LogP contribution in [0.25, 0.3) is 0 Å². The number of benzene rings is 1. The van der Waals surface area contributed by atoms with E-state index in [4.69, 9.17) is 9.47 Å². The van der Waals surface area contributed by atoms with Gasteiger partial charge < -0.3 is 20.1 Å². The molecule has 1 saturated heterocycles. The number of carbonyl (C=O) groups is 1. The Hall–Kier alpha value is -1.72. The van der Waals surface area contributed by atoms with Crippen molar-refractivity contribution >= 4 is 47.2 Å². The van der Waals surface area contributed by atoms with Gasteiger partial charge in [-0.1, -0.05) is 30.3 Å². The Bertz CT molecular complexity index is 891. The molecule has 176 valence electrons. The van der Waals surface area contributed by atoms with Crippen molar-refractivity contribution < 1.29 is 14.3 Å². The summed E-state index contributed by atoms with van der Waals surface area (Å²) >= 11 is 1.36. The van der Waals surface area contributed by atoms with Crippen molar-refractivity contribution in [3.05, 3.63) is 51.5 Å². The van der Waals surface area contributed by atoms with Gasteiger partial charge in [0, 0.05) is 26.1 Å². The topological polar surface area (TPSA) is 84.8 Å². The second-order valence-corrected chi connectivity index (χ2v) is 8.64. The quantitative estimate of drug-likeness (QED) is 0.218. The summed E-state index contributed by atoms with van der Waals surface area (Å²) in [5.41, 5.74) is 1.91. The Balaban J connectivity index is 0.00000363. The van der Waals surface area contributed by atoms with Crippen LogP contribution in [0, 0.1) is 12.8 Å². The second-order valence-electron chi connectivity index (χ2n) is 7.61. The molecule has 9 heteroatoms. The zero-order chi connectivity index (χ0) is 22.2. The standard InChI is InChI=1S/C23H32N4O3S.HI/c1-5-29-22(28)20-15(2)26-21(31-20)16(3)27-23(24-4)25-14-18-12-9-13-30-19(18)17-10-7-6-8-11-17;/h6-8,10-11,16,18-19H,5,9,12-14H2,1-4H3,(H2,24,25,27);1H. The lowest BCUT2D eigenvalue weighted by Gasteiger charge is -2.32. The molecule has 2 N–H and O–H groups in total. The lowest BCUT2D eigenvalue weighted by molar-refractivity contribution is -0.0265. The SMILES string of the molecule is CCOC(=O)c1sc(C(C)NC(=NC)NCC2CCCOC2c2ccccc2)nc1C.I. The summed E-state index contributed by atoms with van der Waals surface area (Å²) in [6, 6.07) is 10.3. The Morgan fingerprint density at radius 2 is 2.12 bits per heavy atom. The normalized spacial score (nSPS) is 19.6. The molecular weight excluding hydrogens is 539 g/mol. The smallest absolute Gasteiger partial charge is 0.350 e. The summed E-state index contributed by atoms with van der Waals surface area (Å²) < 4.78 is 11.2. The first-order chi connectivity index (χ1) is 15.0. The van der Waals surface area contributed by atoms with Crippen LogP contribution in [0.15, 0.2) is 35.3 Å². The largest absolute Gasteiger partial charge is 0.462 e. The third-order valence-corrected chi connectivity index (χ3v) is 6.65. The van der Waals surface area contributed by atoms with Crippen molar-refractivity contribution in [2.24, 2.45) is 10.9 Å². The zero-order valence-corrected chi connectivity index (χ0v) is 22.2. The van der Waals surface area contributed by atoms with Crippen molar-refractivity contribution in [3.8, 4) is 0 Å². The van der Waals surface area contributed by atoms with Crippen LogP contribution in [0.1, 0.15) is 64.8 Å². The molecule has 3 unspecified atom stereocenters. The van der Waals surface area contributed by atoms with E-state index in [0.717, 1.165) is 31.0 Å². The first-order valence-electron chi connectivity index (χ1n) is 10.8. The fourth-order valence-electron chi connectivity index (χ4n) is 3.74. The van der Waals surface area contributed by atoms with Crippen molar-refractivity contribution in [1.29, 1.82) is 0 Å². The maximum atomic E-state index is 12.1. The predicted molar refractivity (Wildman–Crippen MR) is 139 cm³/mol. The minimum absolute atomic E-state index is 0. The molecule has 0 bridgehead atoms. The third-order valence-electron chi connectivity index (χ3n) is 5.33. The molecule has 0 spiro atoms. The average Bonchev–Trinajstić information content (AvgIpc) is 3.19. The van der Waals surface area contributed by atoms with E-state index in [-0.39, 0.29) is 42.1 Å². The number of ether oxygens (including phenoxy) is 2. The fourth-order valence-corrected chi connectivity index (χ4v) is 4.70. The van der Waals surface area contributed by atoms with Crippen LogP contribution < -0.4 is 10.6 Å². The molecule has 0 aliphatic carbocycles. The van der Waals surface area contributed by atoms with Gasteiger partial charge in [0.15, 0.2) is 5.96 Å². The summed E-state index contributed by atoms with van der Waals surface area (Å²) in [5, 5.41) is 7.66. The summed E-state index contributed by atoms with van der Waals surface area (Å²) in [5.74, 6) is 0.751. The van der Waals surface area contributed by atoms with Crippen LogP contribution in [-0.2, 0) is 9.47 Å². The highest BCUT2D eigenvalue weighted by Crippen LogP contribution is 2.33. The van der Waals surface area contributed by atoms with Crippen LogP contribution in [0.2, 0.25) is 0 Å². The van der Waals surface area contributed by atoms with Gasteiger partial charge in [-0.25, -0.2) is 9.78 Å². The summed E-state index contributed by atoms with van der Waals surface area (Å²) in [4.78, 5) is 21.6. The number of esters is 1. The maximum Gasteiger partial charge on any atom is 0.350 e. The Kier molecular flexibility index (Phi) is 10.9. The van der Waals surface area contributed by atoms with E-state index < -0.39 is 0 Å². The highest BCUT2D eigenvalue weighted by Gasteiger charge is 2.28. The Morgan fingerprint density at radius 1 is 1.38 bits per heavy atom. The molecular formula is C23H33IN4O3S.